The van der Waals surface area contributed by atoms with Gasteiger partial charge in [0.1, 0.15) is 5.82 Å². The molecule has 1 aromatic rings. The minimum absolute atomic E-state index is 0.124. The Bertz CT molecular complexity index is 389. The molecule has 0 amide bonds. The maximum atomic E-state index is 13.0. The molecule has 0 saturated heterocycles. The molecule has 1 atom stereocenters. The van der Waals surface area contributed by atoms with Crippen molar-refractivity contribution in [1.82, 2.24) is 5.32 Å². The van der Waals surface area contributed by atoms with Gasteiger partial charge in [-0.3, -0.25) is 0 Å². The van der Waals surface area contributed by atoms with Crippen molar-refractivity contribution in [3.8, 4) is 0 Å². The summed E-state index contributed by atoms with van der Waals surface area (Å²) < 4.78 is 13.0. The van der Waals surface area contributed by atoms with E-state index in [0.29, 0.717) is 5.92 Å². The number of nitrogens with one attached hydrogen (secondary N) is 1. The summed E-state index contributed by atoms with van der Waals surface area (Å²) in [6.07, 6.45) is 0.966. The van der Waals surface area contributed by atoms with Gasteiger partial charge in [-0.25, -0.2) is 4.39 Å². The number of rotatable bonds is 5. The fraction of sp³-hybridized carbons (Fsp3) is 0.647. The molecule has 108 valence electrons. The Morgan fingerprint density at radius 1 is 1.05 bits per heavy atom. The monoisotopic (exact) mass is 265 g/mol. The largest absolute Gasteiger partial charge is 0.312 e. The number of hydrogen-bond acceptors (Lipinski definition) is 1. The van der Waals surface area contributed by atoms with Crippen molar-refractivity contribution in [1.29, 1.82) is 0 Å². The van der Waals surface area contributed by atoms with Gasteiger partial charge in [0.25, 0.3) is 0 Å². The van der Waals surface area contributed by atoms with Crippen molar-refractivity contribution in [2.75, 3.05) is 6.54 Å². The Morgan fingerprint density at radius 2 is 1.58 bits per heavy atom. The predicted molar refractivity (Wildman–Crippen MR) is 80.8 cm³/mol. The average molecular weight is 265 g/mol. The van der Waals surface area contributed by atoms with Crippen LogP contribution in [-0.4, -0.2) is 12.1 Å². The fourth-order valence-corrected chi connectivity index (χ4v) is 2.01. The summed E-state index contributed by atoms with van der Waals surface area (Å²) in [7, 11) is 0. The lowest BCUT2D eigenvalue weighted by molar-refractivity contribution is 0.188. The van der Waals surface area contributed by atoms with Crippen molar-refractivity contribution in [2.24, 2.45) is 11.3 Å². The molecule has 19 heavy (non-hydrogen) atoms. The minimum Gasteiger partial charge on any atom is -0.312 e. The zero-order chi connectivity index (χ0) is 14.7. The Morgan fingerprint density at radius 3 is 2.00 bits per heavy atom. The summed E-state index contributed by atoms with van der Waals surface area (Å²) >= 11 is 0. The van der Waals surface area contributed by atoms with Gasteiger partial charge < -0.3 is 5.32 Å². The highest BCUT2D eigenvalue weighted by Gasteiger charge is 2.29. The quantitative estimate of drug-likeness (QED) is 0.831. The summed E-state index contributed by atoms with van der Waals surface area (Å²) in [4.78, 5) is 0. The zero-order valence-electron chi connectivity index (χ0n) is 13.2. The maximum Gasteiger partial charge on any atom is 0.123 e. The fourth-order valence-electron chi connectivity index (χ4n) is 2.01. The van der Waals surface area contributed by atoms with Crippen LogP contribution in [0.4, 0.5) is 4.39 Å². The molecule has 1 nitrogen and oxygen atoms in total. The third kappa shape index (κ3) is 5.32. The molecule has 0 aliphatic rings. The second-order valence-electron chi connectivity index (χ2n) is 7.22. The Labute approximate surface area is 117 Å². The highest BCUT2D eigenvalue weighted by molar-refractivity contribution is 5.18. The Balaban J connectivity index is 2.79. The van der Waals surface area contributed by atoms with Crippen LogP contribution in [0.2, 0.25) is 0 Å². The van der Waals surface area contributed by atoms with Crippen LogP contribution < -0.4 is 5.32 Å². The molecule has 0 radical (unpaired) electrons. The first kappa shape index (κ1) is 16.2. The first-order valence-corrected chi connectivity index (χ1v) is 7.12. The molecular weight excluding hydrogens is 237 g/mol. The molecular formula is C17H28FN. The van der Waals surface area contributed by atoms with Gasteiger partial charge in [0.05, 0.1) is 0 Å². The maximum absolute atomic E-state index is 13.0. The summed E-state index contributed by atoms with van der Waals surface area (Å²) in [5, 5.41) is 3.60. The SMILES string of the molecule is CC(C)C(C)(CNC(C)(C)C)Cc1ccc(F)cc1. The van der Waals surface area contributed by atoms with E-state index < -0.39 is 0 Å². The van der Waals surface area contributed by atoms with Crippen LogP contribution in [0, 0.1) is 17.2 Å². The number of benzene rings is 1. The molecule has 0 aliphatic carbocycles. The van der Waals surface area contributed by atoms with Crippen LogP contribution in [0.15, 0.2) is 24.3 Å². The average Bonchev–Trinajstić information content (AvgIpc) is 2.29. The minimum atomic E-state index is -0.164. The van der Waals surface area contributed by atoms with Crippen molar-refractivity contribution < 1.29 is 4.39 Å². The second-order valence-corrected chi connectivity index (χ2v) is 7.22. The lowest BCUT2D eigenvalue weighted by Crippen LogP contribution is -2.45. The van der Waals surface area contributed by atoms with E-state index in [1.54, 1.807) is 12.1 Å². The number of halogens is 1. The van der Waals surface area contributed by atoms with E-state index in [9.17, 15) is 4.39 Å². The topological polar surface area (TPSA) is 12.0 Å². The van der Waals surface area contributed by atoms with Crippen molar-refractivity contribution in [2.45, 2.75) is 53.5 Å². The predicted octanol–water partition coefficient (Wildman–Crippen LogP) is 4.42. The lowest BCUT2D eigenvalue weighted by Gasteiger charge is -2.37. The summed E-state index contributed by atoms with van der Waals surface area (Å²) in [6, 6.07) is 6.89. The molecule has 1 aromatic carbocycles. The molecule has 0 heterocycles. The molecule has 1 N–H and O–H groups in total. The molecule has 1 unspecified atom stereocenters. The molecule has 0 aliphatic heterocycles. The Hall–Kier alpha value is -0.890. The summed E-state index contributed by atoms with van der Waals surface area (Å²) in [6.45, 7) is 14.3. The van der Waals surface area contributed by atoms with Crippen LogP contribution in [0.25, 0.3) is 0 Å². The van der Waals surface area contributed by atoms with Crippen LogP contribution >= 0.6 is 0 Å². The van der Waals surface area contributed by atoms with Gasteiger partial charge in [0, 0.05) is 12.1 Å². The molecule has 0 fully saturated rings. The molecule has 0 spiro atoms. The van der Waals surface area contributed by atoms with Crippen molar-refractivity contribution >= 4 is 0 Å². The standard InChI is InChI=1S/C17H28FN/c1-13(2)17(6,12-19-16(3,4)5)11-14-7-9-15(18)10-8-14/h7-10,13,19H,11-12H2,1-6H3. The highest BCUT2D eigenvalue weighted by atomic mass is 19.1. The third-order valence-electron chi connectivity index (χ3n) is 3.94. The molecule has 2 heteroatoms. The van der Waals surface area contributed by atoms with Gasteiger partial charge in [-0.1, -0.05) is 32.9 Å². The van der Waals surface area contributed by atoms with Crippen LogP contribution in [0.5, 0.6) is 0 Å². The van der Waals surface area contributed by atoms with Gasteiger partial charge >= 0.3 is 0 Å². The molecule has 0 aromatic heterocycles. The first-order valence-electron chi connectivity index (χ1n) is 7.12. The highest BCUT2D eigenvalue weighted by Crippen LogP contribution is 2.31. The lowest BCUT2D eigenvalue weighted by atomic mass is 9.74. The first-order chi connectivity index (χ1) is 8.62. The van der Waals surface area contributed by atoms with E-state index in [-0.39, 0.29) is 16.8 Å². The van der Waals surface area contributed by atoms with Gasteiger partial charge in [-0.2, -0.15) is 0 Å². The van der Waals surface area contributed by atoms with E-state index in [1.165, 1.54) is 5.56 Å². The van der Waals surface area contributed by atoms with Gasteiger partial charge in [-0.15, -0.1) is 0 Å². The van der Waals surface area contributed by atoms with Gasteiger partial charge in [0.15, 0.2) is 0 Å². The smallest absolute Gasteiger partial charge is 0.123 e. The third-order valence-corrected chi connectivity index (χ3v) is 3.94. The zero-order valence-corrected chi connectivity index (χ0v) is 13.2. The van der Waals surface area contributed by atoms with Crippen LogP contribution in [-0.2, 0) is 6.42 Å². The van der Waals surface area contributed by atoms with E-state index >= 15 is 0 Å². The van der Waals surface area contributed by atoms with Crippen molar-refractivity contribution in [3.05, 3.63) is 35.6 Å². The molecule has 0 bridgehead atoms. The van der Waals surface area contributed by atoms with Crippen LogP contribution in [0.1, 0.15) is 47.1 Å². The summed E-state index contributed by atoms with van der Waals surface area (Å²) in [5.74, 6) is 0.398. The van der Waals surface area contributed by atoms with E-state index in [4.69, 9.17) is 0 Å². The van der Waals surface area contributed by atoms with E-state index in [1.807, 2.05) is 12.1 Å². The van der Waals surface area contributed by atoms with E-state index in [0.717, 1.165) is 13.0 Å². The Kier molecular flexibility index (Phi) is 5.14. The van der Waals surface area contributed by atoms with E-state index in [2.05, 4.69) is 46.9 Å². The normalized spacial score (nSPS) is 15.6. The molecule has 0 saturated carbocycles. The number of hydrogen-bond donors (Lipinski definition) is 1. The summed E-state index contributed by atoms with van der Waals surface area (Å²) in [5.41, 5.74) is 1.50. The van der Waals surface area contributed by atoms with Gasteiger partial charge in [-0.05, 0) is 56.2 Å². The second kappa shape index (κ2) is 6.04. The van der Waals surface area contributed by atoms with Gasteiger partial charge in [0.2, 0.25) is 0 Å². The molecule has 1 rings (SSSR count). The van der Waals surface area contributed by atoms with Crippen LogP contribution in [0.3, 0.4) is 0 Å². The van der Waals surface area contributed by atoms with Crippen molar-refractivity contribution in [3.63, 3.8) is 0 Å².